The standard InChI is InChI=1S/C20H18ClN3O2S/c1-12-4-10-17(11-5-12)23-20(25)26-24-14(3)18-13(2)22-19(27-18)15-6-8-16(21)9-7-15/h4-11H,1-3H3,(H,23,25)/b24-14+. The predicted molar refractivity (Wildman–Crippen MR) is 111 cm³/mol. The number of oxime groups is 1. The number of anilines is 1. The second-order valence-corrected chi connectivity index (χ2v) is 7.42. The molecule has 0 spiro atoms. The van der Waals surface area contributed by atoms with Crippen molar-refractivity contribution in [3.63, 3.8) is 0 Å². The third-order valence-electron chi connectivity index (χ3n) is 3.78. The maximum Gasteiger partial charge on any atom is 0.437 e. The van der Waals surface area contributed by atoms with Crippen molar-refractivity contribution in [1.82, 2.24) is 4.98 Å². The molecule has 1 heterocycles. The van der Waals surface area contributed by atoms with Crippen molar-refractivity contribution >= 4 is 40.4 Å². The maximum atomic E-state index is 11.9. The van der Waals surface area contributed by atoms with Crippen LogP contribution in [0.5, 0.6) is 0 Å². The summed E-state index contributed by atoms with van der Waals surface area (Å²) in [6, 6.07) is 14.9. The van der Waals surface area contributed by atoms with Gasteiger partial charge in [-0.15, -0.1) is 11.3 Å². The molecule has 0 unspecified atom stereocenters. The lowest BCUT2D eigenvalue weighted by Crippen LogP contribution is -2.11. The van der Waals surface area contributed by atoms with Crippen LogP contribution in [0.3, 0.4) is 0 Å². The lowest BCUT2D eigenvalue weighted by Gasteiger charge is -2.03. The van der Waals surface area contributed by atoms with Gasteiger partial charge in [-0.05, 0) is 45.0 Å². The number of carbonyl (C=O) groups is 1. The normalized spacial score (nSPS) is 11.3. The van der Waals surface area contributed by atoms with E-state index in [-0.39, 0.29) is 0 Å². The van der Waals surface area contributed by atoms with E-state index in [4.69, 9.17) is 16.4 Å². The fourth-order valence-electron chi connectivity index (χ4n) is 2.38. The third-order valence-corrected chi connectivity index (χ3v) is 5.35. The summed E-state index contributed by atoms with van der Waals surface area (Å²) in [6.45, 7) is 5.66. The number of thiazole rings is 1. The van der Waals surface area contributed by atoms with Crippen LogP contribution in [0.25, 0.3) is 10.6 Å². The minimum absolute atomic E-state index is 0.587. The number of aromatic nitrogens is 1. The number of aryl methyl sites for hydroxylation is 2. The second-order valence-electron chi connectivity index (χ2n) is 5.99. The molecule has 7 heteroatoms. The van der Waals surface area contributed by atoms with Gasteiger partial charge in [-0.25, -0.2) is 9.78 Å². The summed E-state index contributed by atoms with van der Waals surface area (Å²) >= 11 is 7.42. The molecule has 5 nitrogen and oxygen atoms in total. The molecule has 2 aromatic carbocycles. The average molecular weight is 400 g/mol. The van der Waals surface area contributed by atoms with Crippen LogP contribution in [0.2, 0.25) is 5.02 Å². The van der Waals surface area contributed by atoms with Gasteiger partial charge in [0.1, 0.15) is 5.01 Å². The number of carbonyl (C=O) groups excluding carboxylic acids is 1. The van der Waals surface area contributed by atoms with Gasteiger partial charge in [-0.1, -0.05) is 46.6 Å². The van der Waals surface area contributed by atoms with Gasteiger partial charge in [-0.2, -0.15) is 0 Å². The molecule has 3 rings (SSSR count). The second kappa shape index (κ2) is 8.33. The van der Waals surface area contributed by atoms with E-state index in [2.05, 4.69) is 15.5 Å². The first-order valence-corrected chi connectivity index (χ1v) is 9.45. The van der Waals surface area contributed by atoms with E-state index in [0.29, 0.717) is 16.4 Å². The number of nitrogens with zero attached hydrogens (tertiary/aromatic N) is 2. The van der Waals surface area contributed by atoms with Gasteiger partial charge in [0.25, 0.3) is 0 Å². The molecule has 0 aliphatic heterocycles. The maximum absolute atomic E-state index is 11.9. The summed E-state index contributed by atoms with van der Waals surface area (Å²) in [5, 5.41) is 8.12. The summed E-state index contributed by atoms with van der Waals surface area (Å²) in [7, 11) is 0. The molecule has 0 saturated heterocycles. The van der Waals surface area contributed by atoms with Gasteiger partial charge < -0.3 is 0 Å². The molecule has 0 bridgehead atoms. The molecule has 3 aromatic rings. The topological polar surface area (TPSA) is 63.6 Å². The number of hydrogen-bond acceptors (Lipinski definition) is 5. The SMILES string of the molecule is C/C(=N\OC(=O)Nc1ccc(C)cc1)c1sc(-c2ccc(Cl)cc2)nc1C. The van der Waals surface area contributed by atoms with E-state index >= 15 is 0 Å². The highest BCUT2D eigenvalue weighted by molar-refractivity contribution is 7.17. The van der Waals surface area contributed by atoms with Crippen molar-refractivity contribution in [3.8, 4) is 10.6 Å². The van der Waals surface area contributed by atoms with Crippen LogP contribution in [0, 0.1) is 13.8 Å². The van der Waals surface area contributed by atoms with Gasteiger partial charge in [0.15, 0.2) is 0 Å². The number of benzene rings is 2. The van der Waals surface area contributed by atoms with Gasteiger partial charge in [0, 0.05) is 16.3 Å². The molecule has 0 atom stereocenters. The Morgan fingerprint density at radius 2 is 1.78 bits per heavy atom. The molecule has 27 heavy (non-hydrogen) atoms. The fraction of sp³-hybridized carbons (Fsp3) is 0.150. The zero-order valence-electron chi connectivity index (χ0n) is 15.1. The number of hydrogen-bond donors (Lipinski definition) is 1. The Morgan fingerprint density at radius 3 is 2.44 bits per heavy atom. The van der Waals surface area contributed by atoms with Crippen molar-refractivity contribution < 1.29 is 9.63 Å². The van der Waals surface area contributed by atoms with Crippen LogP contribution in [-0.2, 0) is 4.84 Å². The zero-order chi connectivity index (χ0) is 19.4. The Balaban J connectivity index is 1.69. The molecule has 0 aliphatic rings. The third kappa shape index (κ3) is 4.93. The first-order chi connectivity index (χ1) is 12.9. The first kappa shape index (κ1) is 19.1. The van der Waals surface area contributed by atoms with Gasteiger partial charge in [0.2, 0.25) is 0 Å². The quantitative estimate of drug-likeness (QED) is 0.330. The Labute approximate surface area is 166 Å². The van der Waals surface area contributed by atoms with Crippen LogP contribution in [0.15, 0.2) is 53.7 Å². The Hall–Kier alpha value is -2.70. The van der Waals surface area contributed by atoms with E-state index in [1.54, 1.807) is 19.1 Å². The summed E-state index contributed by atoms with van der Waals surface area (Å²) in [5.41, 5.74) is 4.15. The fourth-order valence-corrected chi connectivity index (χ4v) is 3.51. The van der Waals surface area contributed by atoms with Crippen molar-refractivity contribution in [3.05, 3.63) is 69.7 Å². The number of amides is 1. The van der Waals surface area contributed by atoms with Crippen molar-refractivity contribution in [2.24, 2.45) is 5.16 Å². The molecular formula is C20H18ClN3O2S. The summed E-state index contributed by atoms with van der Waals surface area (Å²) in [4.78, 5) is 22.3. The Kier molecular flexibility index (Phi) is 5.88. The van der Waals surface area contributed by atoms with Crippen LogP contribution in [0.1, 0.15) is 23.1 Å². The highest BCUT2D eigenvalue weighted by Gasteiger charge is 2.13. The largest absolute Gasteiger partial charge is 0.437 e. The van der Waals surface area contributed by atoms with E-state index < -0.39 is 6.09 Å². The number of nitrogens with one attached hydrogen (secondary N) is 1. The van der Waals surface area contributed by atoms with Crippen LogP contribution in [0.4, 0.5) is 10.5 Å². The highest BCUT2D eigenvalue weighted by Crippen LogP contribution is 2.29. The van der Waals surface area contributed by atoms with E-state index in [1.165, 1.54) is 11.3 Å². The van der Waals surface area contributed by atoms with Crippen LogP contribution in [-0.4, -0.2) is 16.8 Å². The smallest absolute Gasteiger partial charge is 0.297 e. The van der Waals surface area contributed by atoms with Crippen LogP contribution >= 0.6 is 22.9 Å². The van der Waals surface area contributed by atoms with Crippen molar-refractivity contribution in [2.45, 2.75) is 20.8 Å². The van der Waals surface area contributed by atoms with E-state index in [9.17, 15) is 4.79 Å². The lowest BCUT2D eigenvalue weighted by molar-refractivity contribution is 0.166. The Morgan fingerprint density at radius 1 is 1.11 bits per heavy atom. The predicted octanol–water partition coefficient (Wildman–Crippen LogP) is 6.05. The van der Waals surface area contributed by atoms with Crippen LogP contribution < -0.4 is 5.32 Å². The lowest BCUT2D eigenvalue weighted by atomic mass is 10.2. The van der Waals surface area contributed by atoms with Gasteiger partial charge in [0.05, 0.1) is 16.3 Å². The molecule has 1 aromatic heterocycles. The summed E-state index contributed by atoms with van der Waals surface area (Å²) in [5.74, 6) is 0. The summed E-state index contributed by atoms with van der Waals surface area (Å²) in [6.07, 6.45) is -0.640. The number of rotatable bonds is 4. The molecule has 0 fully saturated rings. The summed E-state index contributed by atoms with van der Waals surface area (Å²) < 4.78 is 0. The highest BCUT2D eigenvalue weighted by atomic mass is 35.5. The Bertz CT molecular complexity index is 979. The minimum atomic E-state index is -0.640. The molecular weight excluding hydrogens is 382 g/mol. The molecule has 0 radical (unpaired) electrons. The molecule has 1 N–H and O–H groups in total. The van der Waals surface area contributed by atoms with E-state index in [1.807, 2.05) is 50.2 Å². The van der Waals surface area contributed by atoms with Crippen molar-refractivity contribution in [1.29, 1.82) is 0 Å². The first-order valence-electron chi connectivity index (χ1n) is 8.25. The average Bonchev–Trinajstić information content (AvgIpc) is 3.04. The number of halogens is 1. The molecule has 1 amide bonds. The monoisotopic (exact) mass is 399 g/mol. The molecule has 0 aliphatic carbocycles. The molecule has 138 valence electrons. The van der Waals surface area contributed by atoms with E-state index in [0.717, 1.165) is 26.7 Å². The minimum Gasteiger partial charge on any atom is -0.297 e. The van der Waals surface area contributed by atoms with Gasteiger partial charge in [-0.3, -0.25) is 10.2 Å². The zero-order valence-corrected chi connectivity index (χ0v) is 16.7. The molecule has 0 saturated carbocycles. The van der Waals surface area contributed by atoms with Gasteiger partial charge >= 0.3 is 6.09 Å². The van der Waals surface area contributed by atoms with Crippen molar-refractivity contribution in [2.75, 3.05) is 5.32 Å².